The van der Waals surface area contributed by atoms with Crippen molar-refractivity contribution in [3.05, 3.63) is 123 Å². The molecule has 4 aromatic carbocycles. The molecule has 0 unspecified atom stereocenters. The van der Waals surface area contributed by atoms with Crippen LogP contribution >= 0.6 is 0 Å². The lowest BCUT2D eigenvalue weighted by atomic mass is 9.71. The minimum absolute atomic E-state index is 0.0108. The minimum atomic E-state index is -2.47. The number of phenolic OH excluding ortho intramolecular Hbond substituents is 2. The number of aliphatic hydroxyl groups is 3. The molecule has 97 heavy (non-hydrogen) atoms. The molecule has 7 rings (SSSR count). The molecule has 1 aliphatic heterocycles. The lowest BCUT2D eigenvalue weighted by Crippen LogP contribution is -2.54. The molecule has 1 fully saturated rings. The number of carbonyl (C=O) groups excluding carboxylic acids is 8. The number of phenols is 2. The van der Waals surface area contributed by atoms with Gasteiger partial charge in [-0.25, -0.2) is 19.4 Å². The average Bonchev–Trinajstić information content (AvgIpc) is 0.711. The zero-order chi connectivity index (χ0) is 70.7. The fraction of sp³-hybridized carbons (Fsp3) is 0.463. The van der Waals surface area contributed by atoms with Crippen LogP contribution in [-0.4, -0.2) is 193 Å². The Hall–Kier alpha value is -9.72. The summed E-state index contributed by atoms with van der Waals surface area (Å²) in [5, 5.41) is 102. The number of rotatable bonds is 34. The van der Waals surface area contributed by atoms with E-state index in [1.165, 1.54) is 32.2 Å². The number of amides is 7. The molecule has 16 N–H and O–H groups in total. The van der Waals surface area contributed by atoms with Gasteiger partial charge in [-0.1, -0.05) is 79.2 Å². The van der Waals surface area contributed by atoms with E-state index >= 15 is 0 Å². The molecule has 1 saturated heterocycles. The van der Waals surface area contributed by atoms with Crippen LogP contribution in [0.2, 0.25) is 0 Å². The summed E-state index contributed by atoms with van der Waals surface area (Å²) in [6, 6.07) is 13.4. The molecule has 0 radical (unpaired) electrons. The zero-order valence-corrected chi connectivity index (χ0v) is 53.5. The molecule has 0 saturated carbocycles. The third kappa shape index (κ3) is 19.9. The molecule has 2 aliphatic carbocycles. The van der Waals surface area contributed by atoms with Crippen LogP contribution in [0.5, 0.6) is 17.2 Å². The van der Waals surface area contributed by atoms with Crippen LogP contribution in [0.3, 0.4) is 0 Å². The summed E-state index contributed by atoms with van der Waals surface area (Å²) in [4.78, 5) is 147. The largest absolute Gasteiger partial charge is 0.507 e. The van der Waals surface area contributed by atoms with E-state index in [1.54, 1.807) is 60.7 Å². The number of nitrogens with zero attached hydrogens (tertiary/aromatic N) is 1. The van der Waals surface area contributed by atoms with Crippen molar-refractivity contribution in [1.29, 1.82) is 0 Å². The van der Waals surface area contributed by atoms with Crippen LogP contribution in [0.15, 0.2) is 83.9 Å². The van der Waals surface area contributed by atoms with Gasteiger partial charge in [-0.3, -0.25) is 38.4 Å². The van der Waals surface area contributed by atoms with Crippen LogP contribution in [-0.2, 0) is 67.1 Å². The fourth-order valence-corrected chi connectivity index (χ4v) is 11.8. The van der Waals surface area contributed by atoms with E-state index in [-0.39, 0.29) is 98.4 Å². The van der Waals surface area contributed by atoms with Gasteiger partial charge < -0.3 is 92.7 Å². The van der Waals surface area contributed by atoms with Gasteiger partial charge in [0.15, 0.2) is 12.1 Å². The number of hydrogen-bond donors (Lipinski definition) is 15. The Balaban J connectivity index is 0.973. The molecular weight excluding hydrogens is 1270 g/mol. The number of ether oxygens (including phenoxy) is 3. The first-order chi connectivity index (χ1) is 46.2. The number of aromatic hydroxyl groups is 2. The van der Waals surface area contributed by atoms with Gasteiger partial charge >= 0.3 is 23.9 Å². The van der Waals surface area contributed by atoms with Gasteiger partial charge in [0.25, 0.3) is 5.91 Å². The molecule has 0 aromatic heterocycles. The van der Waals surface area contributed by atoms with Gasteiger partial charge in [0.05, 0.1) is 54.4 Å². The number of hydrogen-bond acceptors (Lipinski definition) is 20. The van der Waals surface area contributed by atoms with Crippen LogP contribution in [0, 0.1) is 0 Å². The highest BCUT2D eigenvalue weighted by Gasteiger charge is 2.50. The summed E-state index contributed by atoms with van der Waals surface area (Å²) in [6.45, 7) is 0.829. The first-order valence-corrected chi connectivity index (χ1v) is 31.8. The molecule has 0 bridgehead atoms. The Labute approximate surface area is 556 Å². The lowest BCUT2D eigenvalue weighted by molar-refractivity contribution is -0.245. The number of methoxy groups -OCH3 is 1. The minimum Gasteiger partial charge on any atom is -0.507 e. The summed E-state index contributed by atoms with van der Waals surface area (Å²) >= 11 is 0. The van der Waals surface area contributed by atoms with E-state index in [9.17, 15) is 88.5 Å². The number of aliphatic carboxylic acids is 3. The Morgan fingerprint density at radius 2 is 1.26 bits per heavy atom. The van der Waals surface area contributed by atoms with E-state index in [2.05, 4.69) is 36.9 Å². The first kappa shape index (κ1) is 74.7. The summed E-state index contributed by atoms with van der Waals surface area (Å²) in [6.07, 6.45) is -6.03. The van der Waals surface area contributed by atoms with E-state index < -0.39 is 180 Å². The maximum Gasteiger partial charge on any atom is 0.326 e. The topological polar surface area (TPSA) is 488 Å². The number of urea groups is 1. The smallest absolute Gasteiger partial charge is 0.326 e. The molecule has 10 atom stereocenters. The Morgan fingerprint density at radius 1 is 0.670 bits per heavy atom. The van der Waals surface area contributed by atoms with Crippen molar-refractivity contribution in [2.24, 2.45) is 10.7 Å². The number of aliphatic imine (C=N–C) groups is 1. The second-order valence-corrected chi connectivity index (χ2v) is 24.0. The monoisotopic (exact) mass is 1350 g/mol. The van der Waals surface area contributed by atoms with Gasteiger partial charge in [-0.15, -0.1) is 0 Å². The number of nitrogens with one attached hydrogen (secondary N) is 6. The number of unbranched alkanes of at least 4 members (excludes halogenated alkanes) is 3. The molecule has 522 valence electrons. The predicted octanol–water partition coefficient (Wildman–Crippen LogP) is 1.67. The molecule has 30 heteroatoms. The van der Waals surface area contributed by atoms with Gasteiger partial charge in [-0.2, -0.15) is 0 Å². The molecule has 1 heterocycles. The highest BCUT2D eigenvalue weighted by Crippen LogP contribution is 2.53. The second kappa shape index (κ2) is 34.8. The van der Waals surface area contributed by atoms with E-state index in [4.69, 9.17) is 25.1 Å². The van der Waals surface area contributed by atoms with Crippen molar-refractivity contribution in [1.82, 2.24) is 31.9 Å². The molecule has 4 aromatic rings. The summed E-state index contributed by atoms with van der Waals surface area (Å²) in [5.74, 6) is -10.9. The van der Waals surface area contributed by atoms with Crippen molar-refractivity contribution in [3.63, 3.8) is 0 Å². The van der Waals surface area contributed by atoms with Crippen molar-refractivity contribution in [2.45, 2.75) is 170 Å². The Morgan fingerprint density at radius 3 is 1.86 bits per heavy atom. The average molecular weight is 1350 g/mol. The van der Waals surface area contributed by atoms with Gasteiger partial charge in [0.1, 0.15) is 47.0 Å². The predicted molar refractivity (Wildman–Crippen MR) is 342 cm³/mol. The third-order valence-electron chi connectivity index (χ3n) is 17.0. The van der Waals surface area contributed by atoms with Crippen LogP contribution in [0.1, 0.15) is 151 Å². The number of ketones is 2. The number of benzene rings is 4. The number of carboxylic acids is 3. The quantitative estimate of drug-likeness (QED) is 0.0158. The number of aliphatic hydroxyl groups excluding tert-OH is 2. The summed E-state index contributed by atoms with van der Waals surface area (Å²) in [7, 11) is 1.28. The first-order valence-electron chi connectivity index (χ1n) is 31.8. The molecule has 0 spiro atoms. The summed E-state index contributed by atoms with van der Waals surface area (Å²) < 4.78 is 17.7. The van der Waals surface area contributed by atoms with Gasteiger partial charge in [-0.05, 0) is 62.6 Å². The molecule has 3 aliphatic rings. The SMILES string of the molecule is COc1cccc2c1C(=O)c1c(O)c3c(c(O)c1C2=O)C[C@@](O)(C(CO)=NC(=O)[C@H](Cc1ccccc1)NC(=O)[C@H](Cc1ccccc1)NC(=O)CCC(=O)NCCCCCC(=O)NCCCC[C@H](NC(=O)N[C@@H](CCC(=O)O)C(=O)O)C(=O)O)C[C@@H]3O[C@H]1C[C@H](N)[C@H](O)[C@H](C)O1. The zero-order valence-electron chi connectivity index (χ0n) is 53.5. The molecular formula is C67H82N8O22. The van der Waals surface area contributed by atoms with Crippen molar-refractivity contribution < 1.29 is 108 Å². The van der Waals surface area contributed by atoms with Crippen molar-refractivity contribution in [3.8, 4) is 17.2 Å². The normalized spacial score (nSPS) is 20.0. The van der Waals surface area contributed by atoms with Gasteiger partial charge in [0, 0.05) is 93.6 Å². The number of fused-ring (bicyclic) bond motifs is 3. The Kier molecular flexibility index (Phi) is 26.8. The molecule has 7 amide bonds. The Bertz CT molecular complexity index is 3580. The van der Waals surface area contributed by atoms with Crippen LogP contribution in [0.4, 0.5) is 4.79 Å². The lowest BCUT2D eigenvalue weighted by Gasteiger charge is -2.43. The van der Waals surface area contributed by atoms with E-state index in [1.807, 2.05) is 0 Å². The second-order valence-electron chi connectivity index (χ2n) is 24.0. The summed E-state index contributed by atoms with van der Waals surface area (Å²) in [5.41, 5.74) is 2.25. The van der Waals surface area contributed by atoms with Crippen LogP contribution in [0.25, 0.3) is 0 Å². The maximum atomic E-state index is 14.8. The third-order valence-corrected chi connectivity index (χ3v) is 17.0. The van der Waals surface area contributed by atoms with Crippen molar-refractivity contribution >= 4 is 70.8 Å². The number of carboxylic acid groups (broad SMARTS) is 3. The number of nitrogens with two attached hydrogens (primary N) is 1. The highest BCUT2D eigenvalue weighted by atomic mass is 16.7. The highest BCUT2D eigenvalue weighted by molar-refractivity contribution is 6.31. The van der Waals surface area contributed by atoms with Crippen molar-refractivity contribution in [2.75, 3.05) is 26.8 Å². The number of carbonyl (C=O) groups is 11. The molecule has 30 nitrogen and oxygen atoms in total. The fourth-order valence-electron chi connectivity index (χ4n) is 11.8. The maximum absolute atomic E-state index is 14.8. The van der Waals surface area contributed by atoms with E-state index in [0.717, 1.165) is 0 Å². The standard InChI is InChI=1S/C67H82N8O22/c1-35-57(82)40(68)31-52(96-35)97-46-33-67(94,32-39-54(46)61(86)56-55(59(39)84)58(83)38-19-14-21-45(95-2)53(38)60(56)85)47(34-76)75-63(88)44(30-37-17-8-4-9-18-37)72-62(87)43(29-36-15-6-3-7-16-36)71-50(79)25-24-49(78)70-27-12-5-10-22-48(77)69-28-13-11-20-41(64(89)90)73-66(93)74-42(65(91)92)23-26-51(80)81/h3-4,6-9,14-19,21,35,40-44,46,52,57,76,82,84,86,94H,5,10-13,20,22-34,68H2,1-2H3,(H,69,77)(H,70,78)(H,71,79)(H,72,87)(H,80,81)(H,89,90)(H,91,92)(H2,73,74,93)/t35-,40-,41-,42-,43-,44-,46-,52-,57+,67-/m0/s1. The van der Waals surface area contributed by atoms with Gasteiger partial charge in [0.2, 0.25) is 29.4 Å². The van der Waals surface area contributed by atoms with Crippen LogP contribution < -0.4 is 42.4 Å². The van der Waals surface area contributed by atoms with E-state index in [0.29, 0.717) is 36.8 Å².